The standard InChI is InChI=1S/C13H17BrN2O.ClH/c1-9-4-5-10(7-12(9)14)13(17)16-11-3-2-6-15-8-11;/h4-5,7,11,15H,2-3,6,8H2,1H3,(H,16,17);1H/t11-;/m0./s1. The molecule has 2 N–H and O–H groups in total. The lowest BCUT2D eigenvalue weighted by Gasteiger charge is -2.23. The van der Waals surface area contributed by atoms with Gasteiger partial charge in [-0.15, -0.1) is 12.4 Å². The van der Waals surface area contributed by atoms with Gasteiger partial charge in [0.05, 0.1) is 0 Å². The van der Waals surface area contributed by atoms with Crippen molar-refractivity contribution in [1.82, 2.24) is 10.6 Å². The molecule has 3 nitrogen and oxygen atoms in total. The summed E-state index contributed by atoms with van der Waals surface area (Å²) in [6, 6.07) is 5.96. The van der Waals surface area contributed by atoms with Crippen molar-refractivity contribution < 1.29 is 4.79 Å². The average Bonchev–Trinajstić information content (AvgIpc) is 2.34. The molecule has 1 atom stereocenters. The number of hydrogen-bond acceptors (Lipinski definition) is 2. The molecule has 0 saturated carbocycles. The second kappa shape index (κ2) is 7.12. The quantitative estimate of drug-likeness (QED) is 0.873. The van der Waals surface area contributed by atoms with E-state index in [1.54, 1.807) is 0 Å². The number of piperidine rings is 1. The summed E-state index contributed by atoms with van der Waals surface area (Å²) in [5, 5.41) is 6.35. The molecule has 2 rings (SSSR count). The number of amides is 1. The minimum atomic E-state index is 0. The van der Waals surface area contributed by atoms with Crippen molar-refractivity contribution in [1.29, 1.82) is 0 Å². The van der Waals surface area contributed by atoms with Crippen molar-refractivity contribution in [3.05, 3.63) is 33.8 Å². The van der Waals surface area contributed by atoms with Crippen molar-refractivity contribution in [2.24, 2.45) is 0 Å². The molecule has 5 heteroatoms. The number of nitrogens with one attached hydrogen (secondary N) is 2. The number of rotatable bonds is 2. The summed E-state index contributed by atoms with van der Waals surface area (Å²) in [5.74, 6) is 0.0133. The van der Waals surface area contributed by atoms with E-state index >= 15 is 0 Å². The predicted octanol–water partition coefficient (Wildman–Crippen LogP) is 2.66. The van der Waals surface area contributed by atoms with Crippen LogP contribution in [0.4, 0.5) is 0 Å². The summed E-state index contributed by atoms with van der Waals surface area (Å²) in [6.45, 7) is 3.94. The number of carbonyl (C=O) groups excluding carboxylic acids is 1. The molecule has 100 valence electrons. The molecule has 1 heterocycles. The molecule has 1 aromatic rings. The minimum Gasteiger partial charge on any atom is -0.348 e. The molecule has 0 aromatic heterocycles. The Balaban J connectivity index is 0.00000162. The highest BCUT2D eigenvalue weighted by Gasteiger charge is 2.16. The van der Waals surface area contributed by atoms with E-state index in [2.05, 4.69) is 26.6 Å². The van der Waals surface area contributed by atoms with Crippen LogP contribution < -0.4 is 10.6 Å². The van der Waals surface area contributed by atoms with Crippen LogP contribution in [0.5, 0.6) is 0 Å². The van der Waals surface area contributed by atoms with Crippen LogP contribution in [-0.2, 0) is 0 Å². The van der Waals surface area contributed by atoms with Crippen LogP contribution in [0.15, 0.2) is 22.7 Å². The van der Waals surface area contributed by atoms with E-state index in [4.69, 9.17) is 0 Å². The fraction of sp³-hybridized carbons (Fsp3) is 0.462. The zero-order valence-electron chi connectivity index (χ0n) is 10.3. The Hall–Kier alpha value is -0.580. The fourth-order valence-corrected chi connectivity index (χ4v) is 2.36. The monoisotopic (exact) mass is 332 g/mol. The summed E-state index contributed by atoms with van der Waals surface area (Å²) < 4.78 is 0.979. The third kappa shape index (κ3) is 3.97. The van der Waals surface area contributed by atoms with Crippen LogP contribution >= 0.6 is 28.3 Å². The van der Waals surface area contributed by atoms with Gasteiger partial charge >= 0.3 is 0 Å². The Bertz CT molecular complexity index is 419. The topological polar surface area (TPSA) is 41.1 Å². The zero-order chi connectivity index (χ0) is 12.3. The van der Waals surface area contributed by atoms with Crippen LogP contribution in [0.1, 0.15) is 28.8 Å². The highest BCUT2D eigenvalue weighted by molar-refractivity contribution is 9.10. The third-order valence-electron chi connectivity index (χ3n) is 3.07. The Morgan fingerprint density at radius 2 is 2.28 bits per heavy atom. The van der Waals surface area contributed by atoms with Crippen molar-refractivity contribution in [2.45, 2.75) is 25.8 Å². The maximum absolute atomic E-state index is 12.0. The lowest BCUT2D eigenvalue weighted by Crippen LogP contribution is -2.45. The Morgan fingerprint density at radius 1 is 1.50 bits per heavy atom. The molecule has 1 aliphatic heterocycles. The van der Waals surface area contributed by atoms with Crippen molar-refractivity contribution >= 4 is 34.2 Å². The second-order valence-corrected chi connectivity index (χ2v) is 5.34. The highest BCUT2D eigenvalue weighted by Crippen LogP contribution is 2.17. The molecular weight excluding hydrogens is 316 g/mol. The summed E-state index contributed by atoms with van der Waals surface area (Å²) in [5.41, 5.74) is 1.86. The molecule has 1 amide bonds. The third-order valence-corrected chi connectivity index (χ3v) is 3.92. The summed E-state index contributed by atoms with van der Waals surface area (Å²) in [4.78, 5) is 12.0. The van der Waals surface area contributed by atoms with Gasteiger partial charge in [0.15, 0.2) is 0 Å². The largest absolute Gasteiger partial charge is 0.348 e. The van der Waals surface area contributed by atoms with Crippen LogP contribution in [-0.4, -0.2) is 25.0 Å². The number of aryl methyl sites for hydroxylation is 1. The van der Waals surface area contributed by atoms with Crippen molar-refractivity contribution in [2.75, 3.05) is 13.1 Å². The van der Waals surface area contributed by atoms with Crippen molar-refractivity contribution in [3.63, 3.8) is 0 Å². The van der Waals surface area contributed by atoms with Crippen molar-refractivity contribution in [3.8, 4) is 0 Å². The first kappa shape index (κ1) is 15.5. The van der Waals surface area contributed by atoms with Gasteiger partial charge in [-0.2, -0.15) is 0 Å². The maximum Gasteiger partial charge on any atom is 0.251 e. The smallest absolute Gasteiger partial charge is 0.251 e. The maximum atomic E-state index is 12.0. The number of carbonyl (C=O) groups is 1. The Kier molecular flexibility index (Phi) is 6.12. The molecule has 0 bridgehead atoms. The minimum absolute atomic E-state index is 0. The molecule has 1 saturated heterocycles. The second-order valence-electron chi connectivity index (χ2n) is 4.48. The predicted molar refractivity (Wildman–Crippen MR) is 79.5 cm³/mol. The van der Waals surface area contributed by atoms with Gasteiger partial charge in [0.2, 0.25) is 0 Å². The molecule has 1 fully saturated rings. The summed E-state index contributed by atoms with van der Waals surface area (Å²) in [6.07, 6.45) is 2.19. The van der Waals surface area contributed by atoms with Gasteiger partial charge in [-0.3, -0.25) is 4.79 Å². The molecule has 0 unspecified atom stereocenters. The van der Waals surface area contributed by atoms with Gasteiger partial charge < -0.3 is 10.6 Å². The number of benzene rings is 1. The fourth-order valence-electron chi connectivity index (χ4n) is 1.98. The summed E-state index contributed by atoms with van der Waals surface area (Å²) >= 11 is 3.45. The first-order valence-electron chi connectivity index (χ1n) is 5.94. The lowest BCUT2D eigenvalue weighted by atomic mass is 10.1. The van der Waals surface area contributed by atoms with E-state index in [9.17, 15) is 4.79 Å². The van der Waals surface area contributed by atoms with Gasteiger partial charge in [-0.25, -0.2) is 0 Å². The Labute approximate surface area is 122 Å². The molecule has 1 aliphatic rings. The number of halogens is 2. The van der Waals surface area contributed by atoms with Gasteiger partial charge in [0.1, 0.15) is 0 Å². The summed E-state index contributed by atoms with van der Waals surface area (Å²) in [7, 11) is 0. The van der Waals surface area contributed by atoms with E-state index in [0.29, 0.717) is 5.56 Å². The van der Waals surface area contributed by atoms with E-state index in [1.165, 1.54) is 0 Å². The first-order valence-corrected chi connectivity index (χ1v) is 6.74. The average molecular weight is 334 g/mol. The van der Waals surface area contributed by atoms with Crippen LogP contribution in [0, 0.1) is 6.92 Å². The van der Waals surface area contributed by atoms with E-state index in [-0.39, 0.29) is 24.4 Å². The molecule has 0 spiro atoms. The van der Waals surface area contributed by atoms with E-state index < -0.39 is 0 Å². The SMILES string of the molecule is Cc1ccc(C(=O)N[C@H]2CCCNC2)cc1Br.Cl. The molecular formula is C13H18BrClN2O. The number of hydrogen-bond donors (Lipinski definition) is 2. The molecule has 0 aliphatic carbocycles. The van der Waals surface area contributed by atoms with E-state index in [1.807, 2.05) is 25.1 Å². The van der Waals surface area contributed by atoms with Gasteiger partial charge in [0.25, 0.3) is 5.91 Å². The molecule has 1 aromatic carbocycles. The lowest BCUT2D eigenvalue weighted by molar-refractivity contribution is 0.0930. The zero-order valence-corrected chi connectivity index (χ0v) is 12.7. The van der Waals surface area contributed by atoms with Crippen LogP contribution in [0.25, 0.3) is 0 Å². The molecule has 18 heavy (non-hydrogen) atoms. The highest BCUT2D eigenvalue weighted by atomic mass is 79.9. The first-order chi connectivity index (χ1) is 8.16. The Morgan fingerprint density at radius 3 is 2.89 bits per heavy atom. The van der Waals surface area contributed by atoms with Gasteiger partial charge in [0, 0.05) is 22.6 Å². The van der Waals surface area contributed by atoms with Gasteiger partial charge in [-0.1, -0.05) is 22.0 Å². The van der Waals surface area contributed by atoms with Gasteiger partial charge in [-0.05, 0) is 44.0 Å². The normalized spacial score (nSPS) is 18.9. The van der Waals surface area contributed by atoms with Crippen LogP contribution in [0.3, 0.4) is 0 Å². The van der Waals surface area contributed by atoms with Crippen LogP contribution in [0.2, 0.25) is 0 Å². The molecule has 0 radical (unpaired) electrons. The van der Waals surface area contributed by atoms with E-state index in [0.717, 1.165) is 36.0 Å².